The van der Waals surface area contributed by atoms with Crippen LogP contribution in [0.1, 0.15) is 5.56 Å². The first-order chi connectivity index (χ1) is 8.29. The van der Waals surface area contributed by atoms with Gasteiger partial charge >= 0.3 is 0 Å². The highest BCUT2D eigenvalue weighted by Gasteiger charge is 2.00. The van der Waals surface area contributed by atoms with E-state index in [1.807, 2.05) is 23.6 Å². The standard InChI is InChI=1S/C11H10BrN3OS/c1-16-10-3-2-9(12)6-8(10)7-14-15-11-13-4-5-17-11/h2-7H,1H3,(H,13,15)/b14-7-. The highest BCUT2D eigenvalue weighted by molar-refractivity contribution is 9.10. The SMILES string of the molecule is COc1ccc(Br)cc1/C=N\Nc1nccs1. The van der Waals surface area contributed by atoms with E-state index in [-0.39, 0.29) is 0 Å². The van der Waals surface area contributed by atoms with Crippen molar-refractivity contribution in [3.63, 3.8) is 0 Å². The monoisotopic (exact) mass is 311 g/mol. The summed E-state index contributed by atoms with van der Waals surface area (Å²) in [4.78, 5) is 4.06. The molecular weight excluding hydrogens is 302 g/mol. The number of nitrogens with zero attached hydrogens (tertiary/aromatic N) is 2. The number of benzene rings is 1. The summed E-state index contributed by atoms with van der Waals surface area (Å²) in [5.41, 5.74) is 3.74. The normalized spacial score (nSPS) is 10.7. The van der Waals surface area contributed by atoms with E-state index in [0.717, 1.165) is 20.9 Å². The Kier molecular flexibility index (Phi) is 4.11. The van der Waals surface area contributed by atoms with Crippen LogP contribution in [0.25, 0.3) is 0 Å². The van der Waals surface area contributed by atoms with E-state index in [1.165, 1.54) is 11.3 Å². The third-order valence-electron chi connectivity index (χ3n) is 1.99. The molecule has 1 aromatic carbocycles. The largest absolute Gasteiger partial charge is 0.496 e. The Morgan fingerprint density at radius 3 is 3.12 bits per heavy atom. The maximum Gasteiger partial charge on any atom is 0.203 e. The summed E-state index contributed by atoms with van der Waals surface area (Å²) in [6, 6.07) is 5.74. The minimum absolute atomic E-state index is 0.759. The summed E-state index contributed by atoms with van der Waals surface area (Å²) in [6.45, 7) is 0. The van der Waals surface area contributed by atoms with E-state index in [4.69, 9.17) is 4.74 Å². The maximum absolute atomic E-state index is 5.24. The van der Waals surface area contributed by atoms with Crippen LogP contribution in [0.2, 0.25) is 0 Å². The van der Waals surface area contributed by atoms with E-state index in [1.54, 1.807) is 19.5 Å². The Hall–Kier alpha value is -1.40. The molecule has 0 atom stereocenters. The minimum Gasteiger partial charge on any atom is -0.496 e. The number of ether oxygens (including phenoxy) is 1. The molecule has 0 aliphatic heterocycles. The lowest BCUT2D eigenvalue weighted by Gasteiger charge is -2.04. The molecule has 4 nitrogen and oxygen atoms in total. The van der Waals surface area contributed by atoms with Crippen LogP contribution in [0.15, 0.2) is 39.4 Å². The third-order valence-corrected chi connectivity index (χ3v) is 3.16. The van der Waals surface area contributed by atoms with Gasteiger partial charge in [0.05, 0.1) is 13.3 Å². The molecule has 1 heterocycles. The fourth-order valence-electron chi connectivity index (χ4n) is 1.24. The van der Waals surface area contributed by atoms with Gasteiger partial charge in [0, 0.05) is 21.6 Å². The van der Waals surface area contributed by atoms with Gasteiger partial charge in [0.1, 0.15) is 5.75 Å². The van der Waals surface area contributed by atoms with Crippen LogP contribution >= 0.6 is 27.3 Å². The average Bonchev–Trinajstić information content (AvgIpc) is 2.82. The summed E-state index contributed by atoms with van der Waals surface area (Å²) in [6.07, 6.45) is 3.42. The summed E-state index contributed by atoms with van der Waals surface area (Å²) in [7, 11) is 1.63. The number of hydrazone groups is 1. The molecule has 0 bridgehead atoms. The molecule has 2 rings (SSSR count). The van der Waals surface area contributed by atoms with Gasteiger partial charge < -0.3 is 4.74 Å². The number of nitrogens with one attached hydrogen (secondary N) is 1. The molecule has 0 spiro atoms. The molecule has 1 aromatic heterocycles. The fraction of sp³-hybridized carbons (Fsp3) is 0.0909. The predicted molar refractivity (Wildman–Crippen MR) is 74.0 cm³/mol. The van der Waals surface area contributed by atoms with Gasteiger partial charge in [0.2, 0.25) is 5.13 Å². The Morgan fingerprint density at radius 2 is 2.41 bits per heavy atom. The van der Waals surface area contributed by atoms with Gasteiger partial charge in [-0.1, -0.05) is 15.9 Å². The lowest BCUT2D eigenvalue weighted by atomic mass is 10.2. The molecule has 0 fully saturated rings. The zero-order valence-corrected chi connectivity index (χ0v) is 11.5. The number of methoxy groups -OCH3 is 1. The first kappa shape index (κ1) is 12.1. The van der Waals surface area contributed by atoms with E-state index in [9.17, 15) is 0 Å². The maximum atomic E-state index is 5.24. The number of aromatic nitrogens is 1. The Balaban J connectivity index is 2.12. The van der Waals surface area contributed by atoms with Gasteiger partial charge in [0.15, 0.2) is 0 Å². The van der Waals surface area contributed by atoms with Gasteiger partial charge in [-0.05, 0) is 18.2 Å². The smallest absolute Gasteiger partial charge is 0.203 e. The number of halogens is 1. The first-order valence-corrected chi connectivity index (χ1v) is 6.49. The average molecular weight is 312 g/mol. The highest BCUT2D eigenvalue weighted by Crippen LogP contribution is 2.21. The molecular formula is C11H10BrN3OS. The summed E-state index contributed by atoms with van der Waals surface area (Å²) in [5.74, 6) is 0.776. The quantitative estimate of drug-likeness (QED) is 0.695. The van der Waals surface area contributed by atoms with Gasteiger partial charge in [-0.15, -0.1) is 11.3 Å². The Morgan fingerprint density at radius 1 is 1.53 bits per heavy atom. The van der Waals surface area contributed by atoms with Crippen LogP contribution < -0.4 is 10.2 Å². The molecule has 2 aromatic rings. The van der Waals surface area contributed by atoms with Gasteiger partial charge in [-0.3, -0.25) is 5.43 Å². The summed E-state index contributed by atoms with van der Waals surface area (Å²) >= 11 is 4.90. The second-order valence-corrected chi connectivity index (χ2v) is 4.90. The molecule has 1 N–H and O–H groups in total. The van der Waals surface area contributed by atoms with Crippen LogP contribution in [0.3, 0.4) is 0 Å². The topological polar surface area (TPSA) is 46.5 Å². The number of anilines is 1. The van der Waals surface area contributed by atoms with E-state index < -0.39 is 0 Å². The van der Waals surface area contributed by atoms with Crippen molar-refractivity contribution in [2.75, 3.05) is 12.5 Å². The molecule has 0 unspecified atom stereocenters. The van der Waals surface area contributed by atoms with Crippen LogP contribution in [0.5, 0.6) is 5.75 Å². The molecule has 0 saturated heterocycles. The zero-order valence-electron chi connectivity index (χ0n) is 9.05. The highest BCUT2D eigenvalue weighted by atomic mass is 79.9. The van der Waals surface area contributed by atoms with Crippen molar-refractivity contribution in [2.45, 2.75) is 0 Å². The van der Waals surface area contributed by atoms with Crippen molar-refractivity contribution in [2.24, 2.45) is 5.10 Å². The predicted octanol–water partition coefficient (Wildman–Crippen LogP) is 3.36. The van der Waals surface area contributed by atoms with Crippen LogP contribution in [-0.2, 0) is 0 Å². The second-order valence-electron chi connectivity index (χ2n) is 3.09. The van der Waals surface area contributed by atoms with Crippen molar-refractivity contribution in [1.29, 1.82) is 0 Å². The molecule has 0 aliphatic carbocycles. The van der Waals surface area contributed by atoms with Crippen LogP contribution in [-0.4, -0.2) is 18.3 Å². The van der Waals surface area contributed by atoms with E-state index in [2.05, 4.69) is 31.4 Å². The number of rotatable bonds is 4. The molecule has 17 heavy (non-hydrogen) atoms. The van der Waals surface area contributed by atoms with Crippen molar-refractivity contribution < 1.29 is 4.74 Å². The van der Waals surface area contributed by atoms with E-state index >= 15 is 0 Å². The summed E-state index contributed by atoms with van der Waals surface area (Å²) in [5, 5.41) is 6.75. The molecule has 0 radical (unpaired) electrons. The number of thiazole rings is 1. The van der Waals surface area contributed by atoms with Crippen LogP contribution in [0, 0.1) is 0 Å². The Labute approximate surface area is 111 Å². The molecule has 0 saturated carbocycles. The van der Waals surface area contributed by atoms with Crippen LogP contribution in [0.4, 0.5) is 5.13 Å². The van der Waals surface area contributed by atoms with Gasteiger partial charge in [-0.2, -0.15) is 5.10 Å². The van der Waals surface area contributed by atoms with Crippen molar-refractivity contribution in [3.05, 3.63) is 39.8 Å². The second kappa shape index (κ2) is 5.79. The number of hydrogen-bond donors (Lipinski definition) is 1. The molecule has 0 amide bonds. The third kappa shape index (κ3) is 3.28. The van der Waals surface area contributed by atoms with E-state index in [0.29, 0.717) is 0 Å². The van der Waals surface area contributed by atoms with Crippen molar-refractivity contribution in [3.8, 4) is 5.75 Å². The lowest BCUT2D eigenvalue weighted by molar-refractivity contribution is 0.414. The fourth-order valence-corrected chi connectivity index (χ4v) is 2.10. The summed E-state index contributed by atoms with van der Waals surface area (Å²) < 4.78 is 6.22. The van der Waals surface area contributed by atoms with Gasteiger partial charge in [0.25, 0.3) is 0 Å². The molecule has 88 valence electrons. The van der Waals surface area contributed by atoms with Crippen molar-refractivity contribution >= 4 is 38.6 Å². The minimum atomic E-state index is 0.759. The zero-order chi connectivity index (χ0) is 12.1. The lowest BCUT2D eigenvalue weighted by Crippen LogP contribution is -1.93. The van der Waals surface area contributed by atoms with Crippen molar-refractivity contribution in [1.82, 2.24) is 4.98 Å². The molecule has 6 heteroatoms. The number of hydrogen-bond acceptors (Lipinski definition) is 5. The van der Waals surface area contributed by atoms with Gasteiger partial charge in [-0.25, -0.2) is 4.98 Å². The first-order valence-electron chi connectivity index (χ1n) is 4.81. The molecule has 0 aliphatic rings. The Bertz CT molecular complexity index is 513.